The minimum absolute atomic E-state index is 0. The molecule has 27 heavy (non-hydrogen) atoms. The van der Waals surface area contributed by atoms with Gasteiger partial charge in [-0.3, -0.25) is 0 Å². The summed E-state index contributed by atoms with van der Waals surface area (Å²) in [6.45, 7) is -1.73. The van der Waals surface area contributed by atoms with Crippen molar-refractivity contribution < 1.29 is 70.9 Å². The van der Waals surface area contributed by atoms with Crippen molar-refractivity contribution in [3.8, 4) is 0 Å². The molecule has 0 spiro atoms. The molecule has 0 aliphatic rings. The molecule has 14 nitrogen and oxygen atoms in total. The Morgan fingerprint density at radius 2 is 0.815 bits per heavy atom. The molecule has 0 aliphatic carbocycles. The SMILES string of the molecule is O=C([O-])C(O)C(O)C(O)C(O)CO.O=C([O-])C(O)C(O)C(O)C(O)CO.[Mg+2]. The average Bonchev–Trinajstić information content (AvgIpc) is 2.62. The monoisotopic (exact) mass is 414 g/mol. The van der Waals surface area contributed by atoms with Gasteiger partial charge in [0.1, 0.15) is 48.8 Å². The van der Waals surface area contributed by atoms with E-state index in [4.69, 9.17) is 51.1 Å². The van der Waals surface area contributed by atoms with Gasteiger partial charge in [-0.15, -0.1) is 0 Å². The van der Waals surface area contributed by atoms with Crippen molar-refractivity contribution in [2.24, 2.45) is 0 Å². The molecular weight excluding hydrogens is 392 g/mol. The Bertz CT molecular complexity index is 385. The number of carbonyl (C=O) groups is 2. The molecule has 0 radical (unpaired) electrons. The maximum Gasteiger partial charge on any atom is 2.00 e. The molecule has 0 saturated carbocycles. The summed E-state index contributed by atoms with van der Waals surface area (Å²) >= 11 is 0. The Balaban J connectivity index is -0.000000411. The van der Waals surface area contributed by atoms with Crippen LogP contribution < -0.4 is 10.2 Å². The van der Waals surface area contributed by atoms with E-state index < -0.39 is 74.0 Å². The second-order valence-electron chi connectivity index (χ2n) is 4.99. The van der Waals surface area contributed by atoms with Crippen molar-refractivity contribution in [2.75, 3.05) is 13.2 Å². The molecule has 8 unspecified atom stereocenters. The van der Waals surface area contributed by atoms with Crippen molar-refractivity contribution in [1.82, 2.24) is 0 Å². The number of hydrogen-bond acceptors (Lipinski definition) is 14. The van der Waals surface area contributed by atoms with E-state index in [-0.39, 0.29) is 23.1 Å². The first-order valence-electron chi connectivity index (χ1n) is 6.91. The molecule has 0 aromatic rings. The van der Waals surface area contributed by atoms with Gasteiger partial charge in [0.25, 0.3) is 0 Å². The van der Waals surface area contributed by atoms with Crippen LogP contribution >= 0.6 is 0 Å². The predicted molar refractivity (Wildman–Crippen MR) is 78.0 cm³/mol. The van der Waals surface area contributed by atoms with Crippen LogP contribution in [0.5, 0.6) is 0 Å². The maximum atomic E-state index is 9.98. The fraction of sp³-hybridized carbons (Fsp3) is 0.833. The molecule has 0 saturated heterocycles. The topological polar surface area (TPSA) is 283 Å². The van der Waals surface area contributed by atoms with Crippen LogP contribution in [0.3, 0.4) is 0 Å². The van der Waals surface area contributed by atoms with Gasteiger partial charge in [0.15, 0.2) is 0 Å². The third kappa shape index (κ3) is 11.0. The van der Waals surface area contributed by atoms with Crippen molar-refractivity contribution in [1.29, 1.82) is 0 Å². The van der Waals surface area contributed by atoms with Crippen molar-refractivity contribution in [3.63, 3.8) is 0 Å². The molecule has 0 rings (SSSR count). The van der Waals surface area contributed by atoms with E-state index in [0.717, 1.165) is 0 Å². The molecule has 0 aromatic heterocycles. The van der Waals surface area contributed by atoms with Crippen LogP contribution in [0.15, 0.2) is 0 Å². The third-order valence-corrected chi connectivity index (χ3v) is 2.99. The van der Waals surface area contributed by atoms with Crippen molar-refractivity contribution in [2.45, 2.75) is 48.8 Å². The van der Waals surface area contributed by atoms with E-state index >= 15 is 0 Å². The number of aliphatic hydroxyl groups excluding tert-OH is 10. The van der Waals surface area contributed by atoms with Crippen molar-refractivity contribution >= 4 is 35.0 Å². The van der Waals surface area contributed by atoms with E-state index in [1.54, 1.807) is 0 Å². The standard InChI is InChI=1S/2C6H12O7.Mg/c2*7-1-2(8)3(9)4(10)5(11)6(12)13;/h2*2-5,7-11H,1H2,(H,12,13);/q;;+2/p-2. The number of carboxylic acid groups (broad SMARTS) is 2. The van der Waals surface area contributed by atoms with Gasteiger partial charge < -0.3 is 70.9 Å². The van der Waals surface area contributed by atoms with E-state index in [9.17, 15) is 19.8 Å². The second kappa shape index (κ2) is 15.3. The normalized spacial score (nSPS) is 19.6. The van der Waals surface area contributed by atoms with Gasteiger partial charge in [0, 0.05) is 0 Å². The number of aliphatic carboxylic acids is 2. The third-order valence-electron chi connectivity index (χ3n) is 2.99. The second-order valence-corrected chi connectivity index (χ2v) is 4.99. The maximum absolute atomic E-state index is 9.98. The molecule has 0 heterocycles. The van der Waals surface area contributed by atoms with Gasteiger partial charge in [0.2, 0.25) is 0 Å². The van der Waals surface area contributed by atoms with Gasteiger partial charge in [-0.05, 0) is 0 Å². The molecule has 156 valence electrons. The van der Waals surface area contributed by atoms with Gasteiger partial charge in [0.05, 0.1) is 25.2 Å². The zero-order valence-corrected chi connectivity index (χ0v) is 15.3. The molecule has 15 heteroatoms. The van der Waals surface area contributed by atoms with E-state index in [0.29, 0.717) is 0 Å². The minimum Gasteiger partial charge on any atom is -0.547 e. The summed E-state index contributed by atoms with van der Waals surface area (Å²) in [5, 5.41) is 107. The van der Waals surface area contributed by atoms with Crippen LogP contribution in [0.2, 0.25) is 0 Å². The van der Waals surface area contributed by atoms with Crippen LogP contribution in [0.25, 0.3) is 0 Å². The average molecular weight is 415 g/mol. The molecule has 0 aromatic carbocycles. The number of carbonyl (C=O) groups excluding carboxylic acids is 2. The smallest absolute Gasteiger partial charge is 0.547 e. The number of carboxylic acids is 2. The summed E-state index contributed by atoms with van der Waals surface area (Å²) < 4.78 is 0. The zero-order chi connectivity index (χ0) is 21.2. The summed E-state index contributed by atoms with van der Waals surface area (Å²) in [6, 6.07) is 0. The van der Waals surface area contributed by atoms with Crippen molar-refractivity contribution in [3.05, 3.63) is 0 Å². The van der Waals surface area contributed by atoms with Crippen LogP contribution in [0.4, 0.5) is 0 Å². The summed E-state index contributed by atoms with van der Waals surface area (Å²) in [6.07, 6.45) is -16.2. The zero-order valence-electron chi connectivity index (χ0n) is 13.8. The van der Waals surface area contributed by atoms with Crippen LogP contribution in [-0.2, 0) is 9.59 Å². The van der Waals surface area contributed by atoms with E-state index in [2.05, 4.69) is 0 Å². The van der Waals surface area contributed by atoms with Crippen LogP contribution in [0.1, 0.15) is 0 Å². The quantitative estimate of drug-likeness (QED) is 0.148. The van der Waals surface area contributed by atoms with Gasteiger partial charge in [-0.2, -0.15) is 0 Å². The summed E-state index contributed by atoms with van der Waals surface area (Å²) in [4.78, 5) is 20.0. The molecule has 0 amide bonds. The van der Waals surface area contributed by atoms with Crippen LogP contribution in [0, 0.1) is 0 Å². The Morgan fingerprint density at radius 3 is 0.963 bits per heavy atom. The molecule has 8 atom stereocenters. The fourth-order valence-electron chi connectivity index (χ4n) is 1.32. The molecule has 0 bridgehead atoms. The Kier molecular flexibility index (Phi) is 17.5. The molecule has 0 aliphatic heterocycles. The van der Waals surface area contributed by atoms with Gasteiger partial charge >= 0.3 is 23.1 Å². The summed E-state index contributed by atoms with van der Waals surface area (Å²) in [5.74, 6) is -3.95. The van der Waals surface area contributed by atoms with Crippen LogP contribution in [-0.4, -0.2) is 148 Å². The number of aliphatic hydroxyl groups is 10. The first-order chi connectivity index (χ1) is 11.8. The number of rotatable bonds is 10. The Hall–Kier alpha value is -0.694. The number of hydrogen-bond donors (Lipinski definition) is 10. The largest absolute Gasteiger partial charge is 2.00 e. The summed E-state index contributed by atoms with van der Waals surface area (Å²) in [5.41, 5.74) is 0. The minimum atomic E-state index is -2.31. The van der Waals surface area contributed by atoms with E-state index in [1.165, 1.54) is 0 Å². The molecular formula is C12H22MgO14. The Morgan fingerprint density at radius 1 is 0.593 bits per heavy atom. The summed E-state index contributed by atoms with van der Waals surface area (Å²) in [7, 11) is 0. The Labute approximate surface area is 168 Å². The predicted octanol–water partition coefficient (Wildman–Crippen LogP) is -10.0. The van der Waals surface area contributed by atoms with Gasteiger partial charge in [-0.25, -0.2) is 0 Å². The molecule has 0 fully saturated rings. The fourth-order valence-corrected chi connectivity index (χ4v) is 1.32. The van der Waals surface area contributed by atoms with Gasteiger partial charge in [-0.1, -0.05) is 0 Å². The first kappa shape index (κ1) is 31.0. The van der Waals surface area contributed by atoms with E-state index in [1.807, 2.05) is 0 Å². The first-order valence-corrected chi connectivity index (χ1v) is 6.91. The molecule has 10 N–H and O–H groups in total.